The van der Waals surface area contributed by atoms with Gasteiger partial charge in [-0.25, -0.2) is 5.43 Å². The lowest BCUT2D eigenvalue weighted by Crippen LogP contribution is -2.24. The zero-order valence-corrected chi connectivity index (χ0v) is 17.1. The highest BCUT2D eigenvalue weighted by atomic mass is 79.9. The smallest absolute Gasteiger partial charge is 0.277 e. The molecule has 1 atom stereocenters. The van der Waals surface area contributed by atoms with E-state index < -0.39 is 0 Å². The molecule has 0 heterocycles. The molecule has 0 aliphatic heterocycles. The molecule has 0 aliphatic carbocycles. The van der Waals surface area contributed by atoms with E-state index >= 15 is 0 Å². The number of ether oxygens (including phenoxy) is 2. The minimum atomic E-state index is -0.373. The fourth-order valence-electron chi connectivity index (χ4n) is 2.31. The van der Waals surface area contributed by atoms with E-state index in [0.29, 0.717) is 27.5 Å². The number of nitrogens with zero attached hydrogens (tertiary/aromatic N) is 1. The van der Waals surface area contributed by atoms with Crippen molar-refractivity contribution in [3.8, 4) is 17.2 Å². The Kier molecular flexibility index (Phi) is 7.67. The summed E-state index contributed by atoms with van der Waals surface area (Å²) in [6, 6.07) is 11.0. The largest absolute Gasteiger partial charge is 0.503 e. The summed E-state index contributed by atoms with van der Waals surface area (Å²) in [6.45, 7) is 4.18. The zero-order chi connectivity index (χ0) is 19.8. The molecule has 0 spiro atoms. The van der Waals surface area contributed by atoms with E-state index in [1.807, 2.05) is 24.3 Å². The van der Waals surface area contributed by atoms with Gasteiger partial charge < -0.3 is 14.6 Å². The highest BCUT2D eigenvalue weighted by molar-refractivity contribution is 9.10. The zero-order valence-electron chi connectivity index (χ0n) is 15.5. The van der Waals surface area contributed by atoms with Crippen LogP contribution in [0.2, 0.25) is 0 Å². The minimum absolute atomic E-state index is 0.00596. The van der Waals surface area contributed by atoms with Crippen LogP contribution in [-0.4, -0.2) is 30.9 Å². The van der Waals surface area contributed by atoms with Gasteiger partial charge in [-0.15, -0.1) is 0 Å². The van der Waals surface area contributed by atoms with Crippen molar-refractivity contribution in [3.63, 3.8) is 0 Å². The maximum Gasteiger partial charge on any atom is 0.277 e. The van der Waals surface area contributed by atoms with Gasteiger partial charge in [0, 0.05) is 0 Å². The van der Waals surface area contributed by atoms with Gasteiger partial charge in [0.25, 0.3) is 5.91 Å². The van der Waals surface area contributed by atoms with Gasteiger partial charge in [-0.05, 0) is 63.7 Å². The molecular weight excluding hydrogens is 412 g/mol. The van der Waals surface area contributed by atoms with Crippen LogP contribution < -0.4 is 14.9 Å². The number of halogens is 1. The van der Waals surface area contributed by atoms with Crippen LogP contribution in [0.15, 0.2) is 46.0 Å². The summed E-state index contributed by atoms with van der Waals surface area (Å²) in [5.41, 5.74) is 4.29. The molecule has 27 heavy (non-hydrogen) atoms. The number of hydrazone groups is 1. The highest BCUT2D eigenvalue weighted by Gasteiger charge is 2.08. The first kappa shape index (κ1) is 20.8. The van der Waals surface area contributed by atoms with Crippen LogP contribution in [-0.2, 0) is 4.79 Å². The third-order valence-electron chi connectivity index (χ3n) is 4.10. The number of aromatic hydroxyl groups is 1. The molecule has 0 bridgehead atoms. The van der Waals surface area contributed by atoms with E-state index in [2.05, 4.69) is 40.3 Å². The van der Waals surface area contributed by atoms with Crippen molar-refractivity contribution in [2.24, 2.45) is 5.10 Å². The number of phenolic OH excluding ortho intramolecular Hbond substituents is 1. The van der Waals surface area contributed by atoms with Gasteiger partial charge in [-0.1, -0.05) is 26.0 Å². The predicted molar refractivity (Wildman–Crippen MR) is 109 cm³/mol. The van der Waals surface area contributed by atoms with Crippen LogP contribution in [0, 0.1) is 0 Å². The van der Waals surface area contributed by atoms with Crippen molar-refractivity contribution < 1.29 is 19.4 Å². The summed E-state index contributed by atoms with van der Waals surface area (Å²) in [4.78, 5) is 11.8. The number of phenols is 1. The Morgan fingerprint density at radius 1 is 1.33 bits per heavy atom. The van der Waals surface area contributed by atoms with Crippen molar-refractivity contribution in [2.75, 3.05) is 13.7 Å². The van der Waals surface area contributed by atoms with Crippen LogP contribution >= 0.6 is 15.9 Å². The molecule has 1 unspecified atom stereocenters. The van der Waals surface area contributed by atoms with Crippen molar-refractivity contribution in [3.05, 3.63) is 52.0 Å². The monoisotopic (exact) mass is 434 g/mol. The van der Waals surface area contributed by atoms with Crippen LogP contribution in [0.4, 0.5) is 0 Å². The summed E-state index contributed by atoms with van der Waals surface area (Å²) in [6.07, 6.45) is 2.52. The Morgan fingerprint density at radius 3 is 2.67 bits per heavy atom. The molecule has 2 rings (SSSR count). The second-order valence-electron chi connectivity index (χ2n) is 6.01. The quantitative estimate of drug-likeness (QED) is 0.481. The summed E-state index contributed by atoms with van der Waals surface area (Å²) in [5, 5.41) is 13.7. The van der Waals surface area contributed by atoms with Gasteiger partial charge in [0.2, 0.25) is 0 Å². The molecule has 1 amide bonds. The minimum Gasteiger partial charge on any atom is -0.503 e. The molecular formula is C20H23BrN2O4. The van der Waals surface area contributed by atoms with Crippen LogP contribution in [0.5, 0.6) is 17.2 Å². The van der Waals surface area contributed by atoms with Crippen LogP contribution in [0.3, 0.4) is 0 Å². The van der Waals surface area contributed by atoms with E-state index in [4.69, 9.17) is 9.47 Å². The molecule has 7 heteroatoms. The van der Waals surface area contributed by atoms with E-state index in [9.17, 15) is 9.90 Å². The van der Waals surface area contributed by atoms with Gasteiger partial charge >= 0.3 is 0 Å². The lowest BCUT2D eigenvalue weighted by molar-refractivity contribution is -0.123. The van der Waals surface area contributed by atoms with Crippen molar-refractivity contribution >= 4 is 28.1 Å². The molecule has 2 aromatic rings. The molecule has 2 aromatic carbocycles. The summed E-state index contributed by atoms with van der Waals surface area (Å²) in [7, 11) is 1.46. The van der Waals surface area contributed by atoms with Crippen LogP contribution in [0.25, 0.3) is 0 Å². The van der Waals surface area contributed by atoms with Crippen molar-refractivity contribution in [2.45, 2.75) is 26.2 Å². The average molecular weight is 435 g/mol. The summed E-state index contributed by atoms with van der Waals surface area (Å²) >= 11 is 3.23. The first-order chi connectivity index (χ1) is 12.9. The molecule has 0 aromatic heterocycles. The Balaban J connectivity index is 1.86. The number of methoxy groups -OCH3 is 1. The Morgan fingerprint density at radius 2 is 2.04 bits per heavy atom. The molecule has 6 nitrogen and oxygen atoms in total. The number of hydrogen-bond acceptors (Lipinski definition) is 5. The maximum atomic E-state index is 11.8. The Labute approximate surface area is 167 Å². The van der Waals surface area contributed by atoms with Gasteiger partial charge in [-0.2, -0.15) is 5.10 Å². The van der Waals surface area contributed by atoms with Crippen molar-refractivity contribution in [1.29, 1.82) is 0 Å². The molecule has 0 fully saturated rings. The number of amides is 1. The first-order valence-electron chi connectivity index (χ1n) is 8.55. The van der Waals surface area contributed by atoms with E-state index in [0.717, 1.165) is 6.42 Å². The molecule has 2 N–H and O–H groups in total. The van der Waals surface area contributed by atoms with Gasteiger partial charge in [0.05, 0.1) is 17.8 Å². The fourth-order valence-corrected chi connectivity index (χ4v) is 2.77. The maximum absolute atomic E-state index is 11.8. The third kappa shape index (κ3) is 5.99. The first-order valence-corrected chi connectivity index (χ1v) is 9.35. The lowest BCUT2D eigenvalue weighted by atomic mass is 9.99. The predicted octanol–water partition coefficient (Wildman–Crippen LogP) is 4.21. The summed E-state index contributed by atoms with van der Waals surface area (Å²) in [5.74, 6) is 1.07. The van der Waals surface area contributed by atoms with Crippen LogP contribution in [0.1, 0.15) is 37.3 Å². The topological polar surface area (TPSA) is 80.2 Å². The molecule has 0 radical (unpaired) electrons. The van der Waals surface area contributed by atoms with Gasteiger partial charge in [0.1, 0.15) is 5.75 Å². The van der Waals surface area contributed by atoms with Gasteiger partial charge in [-0.3, -0.25) is 4.79 Å². The number of carbonyl (C=O) groups excluding carboxylic acids is 1. The fraction of sp³-hybridized carbons (Fsp3) is 0.300. The summed E-state index contributed by atoms with van der Waals surface area (Å²) < 4.78 is 11.0. The van der Waals surface area contributed by atoms with Crippen molar-refractivity contribution in [1.82, 2.24) is 5.43 Å². The SMILES string of the molecule is CCC(C)c1ccc(OCC(=O)N/N=C/c2cc(Br)c(O)c(OC)c2)cc1. The van der Waals surface area contributed by atoms with E-state index in [1.54, 1.807) is 12.1 Å². The molecule has 0 saturated carbocycles. The third-order valence-corrected chi connectivity index (χ3v) is 4.71. The Bertz CT molecular complexity index is 806. The standard InChI is InChI=1S/C20H23BrN2O4/c1-4-13(2)15-5-7-16(8-6-15)27-12-19(24)23-22-11-14-9-17(21)20(25)18(10-14)26-3/h5-11,13,25H,4,12H2,1-3H3,(H,23,24)/b22-11+. The highest BCUT2D eigenvalue weighted by Crippen LogP contribution is 2.34. The van der Waals surface area contributed by atoms with E-state index in [1.165, 1.54) is 18.9 Å². The molecule has 144 valence electrons. The number of carbonyl (C=O) groups is 1. The second kappa shape index (κ2) is 9.97. The van der Waals surface area contributed by atoms with Gasteiger partial charge in [0.15, 0.2) is 18.1 Å². The molecule has 0 aliphatic rings. The Hall–Kier alpha value is -2.54. The van der Waals surface area contributed by atoms with E-state index in [-0.39, 0.29) is 18.3 Å². The number of benzene rings is 2. The average Bonchev–Trinajstić information content (AvgIpc) is 2.68. The molecule has 0 saturated heterocycles. The number of nitrogens with one attached hydrogen (secondary N) is 1. The second-order valence-corrected chi connectivity index (χ2v) is 6.87. The number of hydrogen-bond donors (Lipinski definition) is 2. The lowest BCUT2D eigenvalue weighted by Gasteiger charge is -2.10. The number of rotatable bonds is 8. The normalized spacial score (nSPS) is 12.0.